The minimum absolute atomic E-state index is 0.347. The summed E-state index contributed by atoms with van der Waals surface area (Å²) in [5.41, 5.74) is 0.799. The number of anilines is 1. The van der Waals surface area contributed by atoms with Crippen molar-refractivity contribution >= 4 is 27.0 Å². The Morgan fingerprint density at radius 2 is 1.80 bits per heavy atom. The molecule has 0 unspecified atom stereocenters. The summed E-state index contributed by atoms with van der Waals surface area (Å²) in [4.78, 5) is 4.31. The van der Waals surface area contributed by atoms with Gasteiger partial charge in [0.1, 0.15) is 5.52 Å². The SMILES string of the molecule is CC(C)(CNc1nnc2ccccc2n1)NS(C)(=O)=O. The normalized spacial score (nSPS) is 12.6. The van der Waals surface area contributed by atoms with Crippen LogP contribution >= 0.6 is 0 Å². The summed E-state index contributed by atoms with van der Waals surface area (Å²) < 4.78 is 25.0. The molecule has 0 aliphatic rings. The number of benzene rings is 1. The van der Waals surface area contributed by atoms with Gasteiger partial charge in [-0.05, 0) is 26.0 Å². The fourth-order valence-electron chi connectivity index (χ4n) is 1.79. The number of hydrogen-bond acceptors (Lipinski definition) is 6. The van der Waals surface area contributed by atoms with Crippen LogP contribution in [0.15, 0.2) is 24.3 Å². The highest BCUT2D eigenvalue weighted by molar-refractivity contribution is 7.88. The van der Waals surface area contributed by atoms with E-state index in [4.69, 9.17) is 0 Å². The van der Waals surface area contributed by atoms with Crippen LogP contribution in [0.1, 0.15) is 13.8 Å². The van der Waals surface area contributed by atoms with Crippen molar-refractivity contribution in [3.8, 4) is 0 Å². The maximum absolute atomic E-state index is 11.3. The van der Waals surface area contributed by atoms with Crippen LogP contribution in [0.4, 0.5) is 5.95 Å². The molecule has 2 rings (SSSR count). The van der Waals surface area contributed by atoms with Gasteiger partial charge < -0.3 is 5.32 Å². The molecule has 0 aliphatic carbocycles. The van der Waals surface area contributed by atoms with Gasteiger partial charge >= 0.3 is 0 Å². The van der Waals surface area contributed by atoms with Gasteiger partial charge in [0.2, 0.25) is 16.0 Å². The zero-order valence-electron chi connectivity index (χ0n) is 11.6. The summed E-state index contributed by atoms with van der Waals surface area (Å²) in [6, 6.07) is 7.41. The van der Waals surface area contributed by atoms with E-state index in [0.29, 0.717) is 18.0 Å². The van der Waals surface area contributed by atoms with Crippen molar-refractivity contribution in [1.82, 2.24) is 19.9 Å². The quantitative estimate of drug-likeness (QED) is 0.845. The highest BCUT2D eigenvalue weighted by Gasteiger charge is 2.22. The average Bonchev–Trinajstić information content (AvgIpc) is 2.33. The summed E-state index contributed by atoms with van der Waals surface area (Å²) in [6.07, 6.45) is 1.13. The molecule has 0 amide bonds. The predicted octanol–water partition coefficient (Wildman–Crippen LogP) is 0.764. The molecule has 0 aliphatic heterocycles. The number of sulfonamides is 1. The Hall–Kier alpha value is -1.80. The zero-order valence-corrected chi connectivity index (χ0v) is 12.4. The summed E-state index contributed by atoms with van der Waals surface area (Å²) in [5.74, 6) is 0.368. The van der Waals surface area contributed by atoms with Crippen LogP contribution in [0.2, 0.25) is 0 Å². The molecule has 0 radical (unpaired) electrons. The van der Waals surface area contributed by atoms with Crippen LogP contribution in [0, 0.1) is 0 Å². The molecule has 8 heteroatoms. The number of fused-ring (bicyclic) bond motifs is 1. The van der Waals surface area contributed by atoms with Gasteiger partial charge in [-0.25, -0.2) is 18.1 Å². The van der Waals surface area contributed by atoms with Crippen molar-refractivity contribution in [2.45, 2.75) is 19.4 Å². The second-order valence-electron chi connectivity index (χ2n) is 5.24. The summed E-state index contributed by atoms with van der Waals surface area (Å²) >= 11 is 0. The van der Waals surface area contributed by atoms with Gasteiger partial charge in [0, 0.05) is 12.1 Å². The van der Waals surface area contributed by atoms with Crippen molar-refractivity contribution in [2.24, 2.45) is 0 Å². The van der Waals surface area contributed by atoms with E-state index in [-0.39, 0.29) is 0 Å². The third-order valence-electron chi connectivity index (χ3n) is 2.51. The van der Waals surface area contributed by atoms with Crippen molar-refractivity contribution < 1.29 is 8.42 Å². The minimum Gasteiger partial charge on any atom is -0.351 e. The Bertz CT molecular complexity index is 715. The second kappa shape index (κ2) is 5.29. The second-order valence-corrected chi connectivity index (χ2v) is 6.98. The number of aromatic nitrogens is 3. The maximum Gasteiger partial charge on any atom is 0.243 e. The third-order valence-corrected chi connectivity index (χ3v) is 3.43. The lowest BCUT2D eigenvalue weighted by Gasteiger charge is -2.25. The van der Waals surface area contributed by atoms with E-state index in [1.165, 1.54) is 0 Å². The molecule has 2 aromatic rings. The van der Waals surface area contributed by atoms with E-state index >= 15 is 0 Å². The van der Waals surface area contributed by atoms with E-state index in [9.17, 15) is 8.42 Å². The number of hydrogen-bond donors (Lipinski definition) is 2. The summed E-state index contributed by atoms with van der Waals surface area (Å²) in [7, 11) is -3.27. The number of nitrogens with zero attached hydrogens (tertiary/aromatic N) is 3. The standard InChI is InChI=1S/C12H17N5O2S/c1-12(2,17-20(3,18)19)8-13-11-14-9-6-4-5-7-10(9)15-16-11/h4-7,17H,8H2,1-3H3,(H,13,14,16). The predicted molar refractivity (Wildman–Crippen MR) is 77.9 cm³/mol. The molecule has 0 bridgehead atoms. The highest BCUT2D eigenvalue weighted by atomic mass is 32.2. The molecule has 1 aromatic carbocycles. The first kappa shape index (κ1) is 14.6. The van der Waals surface area contributed by atoms with Crippen molar-refractivity contribution in [2.75, 3.05) is 18.1 Å². The van der Waals surface area contributed by atoms with E-state index in [0.717, 1.165) is 11.8 Å². The van der Waals surface area contributed by atoms with Gasteiger partial charge in [-0.15, -0.1) is 10.2 Å². The van der Waals surface area contributed by atoms with E-state index in [1.54, 1.807) is 13.8 Å². The van der Waals surface area contributed by atoms with E-state index < -0.39 is 15.6 Å². The van der Waals surface area contributed by atoms with Crippen LogP contribution < -0.4 is 10.0 Å². The molecule has 20 heavy (non-hydrogen) atoms. The Balaban J connectivity index is 2.09. The van der Waals surface area contributed by atoms with Crippen molar-refractivity contribution in [3.63, 3.8) is 0 Å². The van der Waals surface area contributed by atoms with Crippen molar-refractivity contribution in [1.29, 1.82) is 0 Å². The van der Waals surface area contributed by atoms with E-state index in [2.05, 4.69) is 25.2 Å². The Morgan fingerprint density at radius 3 is 2.45 bits per heavy atom. The fraction of sp³-hybridized carbons (Fsp3) is 0.417. The van der Waals surface area contributed by atoms with Crippen LogP contribution in [0.3, 0.4) is 0 Å². The number of para-hydroxylation sites is 1. The first-order valence-corrected chi connectivity index (χ1v) is 7.97. The van der Waals surface area contributed by atoms with Crippen LogP contribution in [0.25, 0.3) is 11.0 Å². The molecule has 0 atom stereocenters. The lowest BCUT2D eigenvalue weighted by atomic mass is 10.1. The van der Waals surface area contributed by atoms with Gasteiger partial charge in [-0.3, -0.25) is 0 Å². The molecule has 0 fully saturated rings. The maximum atomic E-state index is 11.3. The molecule has 2 N–H and O–H groups in total. The van der Waals surface area contributed by atoms with Gasteiger partial charge in [0.25, 0.3) is 0 Å². The monoisotopic (exact) mass is 295 g/mol. The summed E-state index contributed by atoms with van der Waals surface area (Å²) in [5, 5.41) is 11.0. The Morgan fingerprint density at radius 1 is 1.15 bits per heavy atom. The molecule has 0 saturated heterocycles. The molecule has 1 heterocycles. The Labute approximate surface area is 117 Å². The molecule has 7 nitrogen and oxygen atoms in total. The largest absolute Gasteiger partial charge is 0.351 e. The van der Waals surface area contributed by atoms with Crippen molar-refractivity contribution in [3.05, 3.63) is 24.3 Å². The number of nitrogens with one attached hydrogen (secondary N) is 2. The average molecular weight is 295 g/mol. The molecule has 108 valence electrons. The molecular formula is C12H17N5O2S. The van der Waals surface area contributed by atoms with Gasteiger partial charge in [0.15, 0.2) is 0 Å². The Kier molecular flexibility index (Phi) is 3.87. The molecule has 0 spiro atoms. The first-order chi connectivity index (χ1) is 9.25. The van der Waals surface area contributed by atoms with Gasteiger partial charge in [-0.2, -0.15) is 0 Å². The number of rotatable bonds is 5. The smallest absolute Gasteiger partial charge is 0.243 e. The van der Waals surface area contributed by atoms with Crippen LogP contribution in [-0.4, -0.2) is 41.9 Å². The van der Waals surface area contributed by atoms with Crippen LogP contribution in [0.5, 0.6) is 0 Å². The minimum atomic E-state index is -3.27. The highest BCUT2D eigenvalue weighted by Crippen LogP contribution is 2.10. The fourth-order valence-corrected chi connectivity index (χ4v) is 2.87. The molecular weight excluding hydrogens is 278 g/mol. The van der Waals surface area contributed by atoms with Crippen LogP contribution in [-0.2, 0) is 10.0 Å². The molecule has 1 aromatic heterocycles. The van der Waals surface area contributed by atoms with Gasteiger partial charge in [-0.1, -0.05) is 12.1 Å². The topological polar surface area (TPSA) is 96.9 Å². The lowest BCUT2D eigenvalue weighted by Crippen LogP contribution is -2.47. The third kappa shape index (κ3) is 4.10. The van der Waals surface area contributed by atoms with Gasteiger partial charge in [0.05, 0.1) is 11.8 Å². The molecule has 0 saturated carbocycles. The summed E-state index contributed by atoms with van der Waals surface area (Å²) in [6.45, 7) is 3.89. The first-order valence-electron chi connectivity index (χ1n) is 6.07. The van der Waals surface area contributed by atoms with E-state index in [1.807, 2.05) is 24.3 Å². The zero-order chi connectivity index (χ0) is 14.8. The lowest BCUT2D eigenvalue weighted by molar-refractivity contribution is 0.475.